The fourth-order valence-corrected chi connectivity index (χ4v) is 3.83. The lowest BCUT2D eigenvalue weighted by atomic mass is 9.94. The summed E-state index contributed by atoms with van der Waals surface area (Å²) in [6.07, 6.45) is 10.0. The molecule has 0 fully saturated rings. The van der Waals surface area contributed by atoms with Crippen LogP contribution in [0.3, 0.4) is 0 Å². The molecule has 172 valence electrons. The molecule has 0 bridgehead atoms. The number of aryl methyl sites for hydroxylation is 2. The molecule has 0 radical (unpaired) electrons. The van der Waals surface area contributed by atoms with E-state index in [1.165, 1.54) is 0 Å². The molecule has 6 heteroatoms. The van der Waals surface area contributed by atoms with Gasteiger partial charge in [0.2, 0.25) is 6.61 Å². The van der Waals surface area contributed by atoms with Gasteiger partial charge in [0, 0.05) is 12.8 Å². The van der Waals surface area contributed by atoms with Crippen LogP contribution in [0.25, 0.3) is 0 Å². The topological polar surface area (TPSA) is 85.2 Å². The third-order valence-corrected chi connectivity index (χ3v) is 5.25. The number of ether oxygens (including phenoxy) is 1. The Hall–Kier alpha value is -3.67. The summed E-state index contributed by atoms with van der Waals surface area (Å²) in [7, 11) is 0. The molecule has 0 unspecified atom stereocenters. The van der Waals surface area contributed by atoms with E-state index < -0.39 is 24.6 Å². The molecule has 33 heavy (non-hydrogen) atoms. The summed E-state index contributed by atoms with van der Waals surface area (Å²) in [4.78, 5) is 29.2. The van der Waals surface area contributed by atoms with E-state index in [4.69, 9.17) is 14.7 Å². The zero-order valence-electron chi connectivity index (χ0n) is 19.0. The molecule has 6 nitrogen and oxygen atoms in total. The Balaban J connectivity index is 2.01. The number of carbonyl (C=O) groups excluding carboxylic acids is 1. The first-order chi connectivity index (χ1) is 15.9. The summed E-state index contributed by atoms with van der Waals surface area (Å²) < 4.78 is 6.02. The lowest BCUT2D eigenvalue weighted by Gasteiger charge is -2.20. The van der Waals surface area contributed by atoms with Crippen LogP contribution in [0.4, 0.5) is 0 Å². The summed E-state index contributed by atoms with van der Waals surface area (Å²) in [6.45, 7) is 3.33. The number of esters is 1. The van der Waals surface area contributed by atoms with E-state index in [-0.39, 0.29) is 0 Å². The second kappa shape index (κ2) is 11.8. The molecule has 0 aliphatic carbocycles. The van der Waals surface area contributed by atoms with Crippen molar-refractivity contribution in [1.29, 1.82) is 0 Å². The molecule has 0 saturated heterocycles. The van der Waals surface area contributed by atoms with Gasteiger partial charge >= 0.3 is 11.9 Å². The van der Waals surface area contributed by atoms with Crippen LogP contribution < -0.4 is 0 Å². The van der Waals surface area contributed by atoms with Gasteiger partial charge in [-0.2, -0.15) is 0 Å². The molecule has 0 saturated carbocycles. The number of hydrogen-bond acceptors (Lipinski definition) is 5. The number of fused-ring (bicyclic) bond motifs is 1. The van der Waals surface area contributed by atoms with Gasteiger partial charge < -0.3 is 14.7 Å². The van der Waals surface area contributed by atoms with E-state index in [0.29, 0.717) is 24.1 Å². The number of carbonyl (C=O) groups is 2. The quantitative estimate of drug-likeness (QED) is 0.380. The zero-order valence-corrected chi connectivity index (χ0v) is 19.0. The van der Waals surface area contributed by atoms with Gasteiger partial charge in [-0.05, 0) is 49.5 Å². The molecular formula is C27H29NO5. The Kier molecular flexibility index (Phi) is 8.58. The van der Waals surface area contributed by atoms with Crippen molar-refractivity contribution in [2.45, 2.75) is 45.6 Å². The van der Waals surface area contributed by atoms with Gasteiger partial charge in [0.15, 0.2) is 0 Å². The number of carboxylic acid groups (broad SMARTS) is 1. The summed E-state index contributed by atoms with van der Waals surface area (Å²) in [5, 5.41) is 12.9. The standard InChI is InChI=1S/C27H29NO5/c1-19-15-20(2)26-22(16-19)17-23(28-32-18-25(29)30)13-9-4-3-5-10-14-24(33-27(26)31)21-11-7-6-8-12-21/h5-13,15-16,24H,3-4,14,17-18H2,1-2H3,(H,29,30)/b10-5+,13-9+,28-23?/t24-/m0/s1. The lowest BCUT2D eigenvalue weighted by Crippen LogP contribution is -2.17. The third-order valence-electron chi connectivity index (χ3n) is 5.25. The van der Waals surface area contributed by atoms with Gasteiger partial charge in [0.05, 0.1) is 11.3 Å². The number of carboxylic acids is 1. The van der Waals surface area contributed by atoms with E-state index >= 15 is 0 Å². The second-order valence-electron chi connectivity index (χ2n) is 8.03. The molecule has 1 aliphatic rings. The Bertz CT molecular complexity index is 1070. The Morgan fingerprint density at radius 3 is 2.64 bits per heavy atom. The van der Waals surface area contributed by atoms with Crippen LogP contribution in [0.15, 0.2) is 71.9 Å². The van der Waals surface area contributed by atoms with E-state index in [0.717, 1.165) is 35.1 Å². The van der Waals surface area contributed by atoms with Crippen molar-refractivity contribution in [2.24, 2.45) is 5.16 Å². The molecule has 0 aromatic heterocycles. The number of rotatable bonds is 4. The minimum absolute atomic E-state index is 0.314. The zero-order chi connectivity index (χ0) is 23.6. The van der Waals surface area contributed by atoms with Crippen LogP contribution in [0.1, 0.15) is 58.0 Å². The van der Waals surface area contributed by atoms with Gasteiger partial charge in [-0.1, -0.05) is 71.4 Å². The summed E-state index contributed by atoms with van der Waals surface area (Å²) in [6, 6.07) is 13.6. The first kappa shape index (κ1) is 24.0. The van der Waals surface area contributed by atoms with Crippen LogP contribution in [-0.4, -0.2) is 29.4 Å². The predicted octanol–water partition coefficient (Wildman–Crippen LogP) is 5.50. The summed E-state index contributed by atoms with van der Waals surface area (Å²) in [5.41, 5.74) is 4.58. The van der Waals surface area contributed by atoms with Crippen LogP contribution in [0, 0.1) is 13.8 Å². The van der Waals surface area contributed by atoms with Crippen molar-refractivity contribution >= 4 is 17.7 Å². The molecule has 3 rings (SSSR count). The van der Waals surface area contributed by atoms with Crippen LogP contribution in [0.2, 0.25) is 0 Å². The molecule has 1 N–H and O–H groups in total. The highest BCUT2D eigenvalue weighted by molar-refractivity contribution is 6.00. The van der Waals surface area contributed by atoms with E-state index in [2.05, 4.69) is 11.2 Å². The highest BCUT2D eigenvalue weighted by atomic mass is 16.6. The molecule has 0 spiro atoms. The van der Waals surface area contributed by atoms with Crippen molar-refractivity contribution in [3.8, 4) is 0 Å². The van der Waals surface area contributed by atoms with Gasteiger partial charge in [-0.25, -0.2) is 9.59 Å². The van der Waals surface area contributed by atoms with Gasteiger partial charge in [-0.3, -0.25) is 0 Å². The highest BCUT2D eigenvalue weighted by Gasteiger charge is 2.22. The molecule has 2 aromatic carbocycles. The maximum atomic E-state index is 13.4. The SMILES string of the molecule is Cc1cc(C)c2c(c1)CC(=NOCC(=O)O)/C=C/CC/C=C/C[C@@H](c1ccccc1)OC2=O. The van der Waals surface area contributed by atoms with Crippen molar-refractivity contribution in [2.75, 3.05) is 6.61 Å². The van der Waals surface area contributed by atoms with Gasteiger partial charge in [-0.15, -0.1) is 0 Å². The van der Waals surface area contributed by atoms with E-state index in [1.807, 2.05) is 74.5 Å². The number of oxime groups is 1. The Morgan fingerprint density at radius 2 is 1.88 bits per heavy atom. The maximum absolute atomic E-state index is 13.4. The molecule has 1 atom stereocenters. The largest absolute Gasteiger partial charge is 0.479 e. The average molecular weight is 448 g/mol. The van der Waals surface area contributed by atoms with Crippen molar-refractivity contribution < 1.29 is 24.3 Å². The minimum atomic E-state index is -1.10. The number of nitrogens with zero attached hydrogens (tertiary/aromatic N) is 1. The number of allylic oxidation sites excluding steroid dienone is 3. The molecule has 1 heterocycles. The first-order valence-corrected chi connectivity index (χ1v) is 11.0. The monoisotopic (exact) mass is 447 g/mol. The first-order valence-electron chi connectivity index (χ1n) is 11.0. The van der Waals surface area contributed by atoms with Crippen molar-refractivity contribution in [3.05, 3.63) is 94.6 Å². The highest BCUT2D eigenvalue weighted by Crippen LogP contribution is 2.27. The lowest BCUT2D eigenvalue weighted by molar-refractivity contribution is -0.142. The Morgan fingerprint density at radius 1 is 1.12 bits per heavy atom. The van der Waals surface area contributed by atoms with Crippen LogP contribution >= 0.6 is 0 Å². The predicted molar refractivity (Wildman–Crippen MR) is 127 cm³/mol. The van der Waals surface area contributed by atoms with E-state index in [9.17, 15) is 9.59 Å². The number of benzene rings is 2. The third kappa shape index (κ3) is 7.17. The van der Waals surface area contributed by atoms with Gasteiger partial charge in [0.25, 0.3) is 0 Å². The second-order valence-corrected chi connectivity index (χ2v) is 8.03. The Labute approximate surface area is 194 Å². The van der Waals surface area contributed by atoms with Crippen molar-refractivity contribution in [1.82, 2.24) is 0 Å². The molecule has 0 amide bonds. The smallest absolute Gasteiger partial charge is 0.344 e. The normalized spacial score (nSPS) is 20.2. The molecule has 1 aliphatic heterocycles. The number of cyclic esters (lactones) is 1. The molecular weight excluding hydrogens is 418 g/mol. The van der Waals surface area contributed by atoms with Crippen LogP contribution in [0.5, 0.6) is 0 Å². The van der Waals surface area contributed by atoms with E-state index in [1.54, 1.807) is 0 Å². The summed E-state index contributed by atoms with van der Waals surface area (Å²) >= 11 is 0. The van der Waals surface area contributed by atoms with Crippen molar-refractivity contribution in [3.63, 3.8) is 0 Å². The number of aliphatic carboxylic acids is 1. The summed E-state index contributed by atoms with van der Waals surface area (Å²) in [5.74, 6) is -1.49. The fraction of sp³-hybridized carbons (Fsp3) is 0.296. The van der Waals surface area contributed by atoms with Gasteiger partial charge in [0.1, 0.15) is 6.10 Å². The molecule has 2 aromatic rings. The maximum Gasteiger partial charge on any atom is 0.344 e. The minimum Gasteiger partial charge on any atom is -0.479 e. The fourth-order valence-electron chi connectivity index (χ4n) is 3.83. The average Bonchev–Trinajstić information content (AvgIpc) is 2.76. The number of hydrogen-bond donors (Lipinski definition) is 1. The van der Waals surface area contributed by atoms with Crippen LogP contribution in [-0.2, 0) is 20.8 Å².